The molecule has 0 atom stereocenters. The van der Waals surface area contributed by atoms with Gasteiger partial charge in [-0.25, -0.2) is 18.4 Å². The standard InChI is InChI=1S/C13H8Br2F2O4/c1-13(2)20-11(18)6(12(19)21-13)3-5-8(16)4-7(14)10(17)9(5)15/h3-4H,1-2H3. The summed E-state index contributed by atoms with van der Waals surface area (Å²) in [5.74, 6) is -4.92. The second kappa shape index (κ2) is 5.49. The molecule has 0 unspecified atom stereocenters. The molecule has 1 aliphatic rings. The number of hydrogen-bond acceptors (Lipinski definition) is 4. The van der Waals surface area contributed by atoms with Crippen molar-refractivity contribution in [3.8, 4) is 0 Å². The van der Waals surface area contributed by atoms with E-state index < -0.39 is 34.9 Å². The van der Waals surface area contributed by atoms with Crippen molar-refractivity contribution in [2.75, 3.05) is 0 Å². The number of benzene rings is 1. The molecular formula is C13H8Br2F2O4. The van der Waals surface area contributed by atoms with Crippen molar-refractivity contribution >= 4 is 49.9 Å². The van der Waals surface area contributed by atoms with Crippen molar-refractivity contribution in [1.29, 1.82) is 0 Å². The van der Waals surface area contributed by atoms with E-state index in [1.165, 1.54) is 13.8 Å². The van der Waals surface area contributed by atoms with E-state index in [4.69, 9.17) is 9.47 Å². The fraction of sp³-hybridized carbons (Fsp3) is 0.231. The summed E-state index contributed by atoms with van der Waals surface area (Å²) in [6.07, 6.45) is 0.884. The Bertz CT molecular complexity index is 661. The Kier molecular flexibility index (Phi) is 4.21. The van der Waals surface area contributed by atoms with Gasteiger partial charge in [0.2, 0.25) is 0 Å². The number of cyclic esters (lactones) is 2. The van der Waals surface area contributed by atoms with Gasteiger partial charge in [-0.3, -0.25) is 0 Å². The minimum absolute atomic E-state index is 0.0936. The summed E-state index contributed by atoms with van der Waals surface area (Å²) >= 11 is 5.72. The number of carbonyl (C=O) groups excluding carboxylic acids is 2. The molecule has 1 saturated heterocycles. The lowest BCUT2D eigenvalue weighted by atomic mass is 10.1. The van der Waals surface area contributed by atoms with Crippen LogP contribution in [0.15, 0.2) is 20.6 Å². The van der Waals surface area contributed by atoms with Crippen molar-refractivity contribution < 1.29 is 27.8 Å². The van der Waals surface area contributed by atoms with Crippen LogP contribution in [0.4, 0.5) is 8.78 Å². The molecule has 1 heterocycles. The monoisotopic (exact) mass is 424 g/mol. The van der Waals surface area contributed by atoms with E-state index >= 15 is 0 Å². The van der Waals surface area contributed by atoms with Crippen LogP contribution in [0.25, 0.3) is 6.08 Å². The first-order valence-corrected chi connectivity index (χ1v) is 7.22. The van der Waals surface area contributed by atoms with Crippen LogP contribution in [0.5, 0.6) is 0 Å². The molecule has 0 amide bonds. The second-order valence-electron chi connectivity index (χ2n) is 4.62. The van der Waals surface area contributed by atoms with Gasteiger partial charge < -0.3 is 9.47 Å². The maximum atomic E-state index is 13.9. The molecule has 1 fully saturated rings. The largest absolute Gasteiger partial charge is 0.419 e. The van der Waals surface area contributed by atoms with Gasteiger partial charge in [0.15, 0.2) is 5.82 Å². The van der Waals surface area contributed by atoms with E-state index in [2.05, 4.69) is 31.9 Å². The summed E-state index contributed by atoms with van der Waals surface area (Å²) < 4.78 is 37.0. The zero-order valence-electron chi connectivity index (χ0n) is 10.8. The highest BCUT2D eigenvalue weighted by Crippen LogP contribution is 2.32. The van der Waals surface area contributed by atoms with Crippen molar-refractivity contribution in [3.05, 3.63) is 37.8 Å². The van der Waals surface area contributed by atoms with E-state index in [0.717, 1.165) is 12.1 Å². The minimum atomic E-state index is -1.40. The summed E-state index contributed by atoms with van der Waals surface area (Å²) in [6, 6.07) is 0.885. The molecule has 0 saturated carbocycles. The van der Waals surface area contributed by atoms with Crippen LogP contribution in [-0.2, 0) is 19.1 Å². The molecule has 1 aromatic carbocycles. The summed E-state index contributed by atoms with van der Waals surface area (Å²) in [5, 5.41) is 0. The Labute approximate surface area is 135 Å². The molecule has 1 aliphatic heterocycles. The number of carbonyl (C=O) groups is 2. The van der Waals surface area contributed by atoms with Crippen LogP contribution >= 0.6 is 31.9 Å². The van der Waals surface area contributed by atoms with Gasteiger partial charge in [-0.1, -0.05) is 0 Å². The normalized spacial score (nSPS) is 17.3. The van der Waals surface area contributed by atoms with Gasteiger partial charge in [-0.2, -0.15) is 0 Å². The maximum Gasteiger partial charge on any atom is 0.348 e. The Balaban J connectivity index is 2.53. The molecule has 21 heavy (non-hydrogen) atoms. The SMILES string of the molecule is CC1(C)OC(=O)C(=Cc2c(F)cc(Br)c(F)c2Br)C(=O)O1. The van der Waals surface area contributed by atoms with E-state index in [9.17, 15) is 18.4 Å². The van der Waals surface area contributed by atoms with Gasteiger partial charge in [0.05, 0.1) is 8.95 Å². The fourth-order valence-corrected chi connectivity index (χ4v) is 2.82. The highest BCUT2D eigenvalue weighted by atomic mass is 79.9. The van der Waals surface area contributed by atoms with Gasteiger partial charge in [-0.05, 0) is 44.0 Å². The van der Waals surface area contributed by atoms with Crippen LogP contribution in [0.3, 0.4) is 0 Å². The molecule has 0 radical (unpaired) electrons. The second-order valence-corrected chi connectivity index (χ2v) is 6.27. The van der Waals surface area contributed by atoms with Crippen LogP contribution in [0, 0.1) is 11.6 Å². The smallest absolute Gasteiger partial charge is 0.348 e. The molecule has 1 aromatic rings. The molecule has 2 rings (SSSR count). The maximum absolute atomic E-state index is 13.9. The highest BCUT2D eigenvalue weighted by Gasteiger charge is 2.39. The average Bonchev–Trinajstić information content (AvgIpc) is 2.33. The molecular weight excluding hydrogens is 418 g/mol. The third kappa shape index (κ3) is 3.16. The minimum Gasteiger partial charge on any atom is -0.419 e. The van der Waals surface area contributed by atoms with Crippen molar-refractivity contribution in [2.45, 2.75) is 19.6 Å². The fourth-order valence-electron chi connectivity index (χ4n) is 1.64. The Morgan fingerprint density at radius 2 is 1.67 bits per heavy atom. The number of esters is 2. The Morgan fingerprint density at radius 1 is 1.14 bits per heavy atom. The topological polar surface area (TPSA) is 52.6 Å². The first-order valence-electron chi connectivity index (χ1n) is 5.64. The van der Waals surface area contributed by atoms with E-state index in [0.29, 0.717) is 0 Å². The molecule has 8 heteroatoms. The third-order valence-electron chi connectivity index (χ3n) is 2.56. The van der Waals surface area contributed by atoms with Crippen molar-refractivity contribution in [2.24, 2.45) is 0 Å². The highest BCUT2D eigenvalue weighted by molar-refractivity contribution is 9.11. The van der Waals surface area contributed by atoms with E-state index in [1.54, 1.807) is 0 Å². The van der Waals surface area contributed by atoms with Gasteiger partial charge in [0.25, 0.3) is 5.79 Å². The van der Waals surface area contributed by atoms with Crippen LogP contribution < -0.4 is 0 Å². The Hall–Kier alpha value is -1.28. The zero-order chi connectivity index (χ0) is 15.9. The lowest BCUT2D eigenvalue weighted by molar-refractivity contribution is -0.222. The molecule has 0 spiro atoms. The molecule has 112 valence electrons. The number of hydrogen-bond donors (Lipinski definition) is 0. The zero-order valence-corrected chi connectivity index (χ0v) is 14.0. The molecule has 0 aliphatic carbocycles. The predicted molar refractivity (Wildman–Crippen MR) is 76.0 cm³/mol. The van der Waals surface area contributed by atoms with Gasteiger partial charge in [0, 0.05) is 19.4 Å². The molecule has 0 aromatic heterocycles. The van der Waals surface area contributed by atoms with Gasteiger partial charge >= 0.3 is 11.9 Å². The quantitative estimate of drug-likeness (QED) is 0.226. The summed E-state index contributed by atoms with van der Waals surface area (Å²) in [4.78, 5) is 23.5. The lowest BCUT2D eigenvalue weighted by Gasteiger charge is -2.29. The third-order valence-corrected chi connectivity index (χ3v) is 3.91. The summed E-state index contributed by atoms with van der Waals surface area (Å²) in [7, 11) is 0. The molecule has 0 bridgehead atoms. The Morgan fingerprint density at radius 3 is 2.19 bits per heavy atom. The number of rotatable bonds is 1. The van der Waals surface area contributed by atoms with Crippen molar-refractivity contribution in [1.82, 2.24) is 0 Å². The number of ether oxygens (including phenoxy) is 2. The van der Waals surface area contributed by atoms with Crippen molar-refractivity contribution in [3.63, 3.8) is 0 Å². The molecule has 4 nitrogen and oxygen atoms in total. The summed E-state index contributed by atoms with van der Waals surface area (Å²) in [5.41, 5.74) is -0.810. The van der Waals surface area contributed by atoms with Gasteiger partial charge in [0.1, 0.15) is 11.4 Å². The first kappa shape index (κ1) is 16.1. The lowest BCUT2D eigenvalue weighted by Crippen LogP contribution is -2.41. The van der Waals surface area contributed by atoms with Gasteiger partial charge in [-0.15, -0.1) is 0 Å². The molecule has 0 N–H and O–H groups in total. The van der Waals surface area contributed by atoms with Crippen LogP contribution in [-0.4, -0.2) is 17.7 Å². The van der Waals surface area contributed by atoms with Crippen LogP contribution in [0.1, 0.15) is 19.4 Å². The first-order chi connectivity index (χ1) is 9.62. The van der Waals surface area contributed by atoms with E-state index in [-0.39, 0.29) is 14.5 Å². The average molecular weight is 426 g/mol. The summed E-state index contributed by atoms with van der Waals surface area (Å²) in [6.45, 7) is 2.77. The van der Waals surface area contributed by atoms with E-state index in [1.807, 2.05) is 0 Å². The number of halogens is 4. The van der Waals surface area contributed by atoms with Crippen LogP contribution in [0.2, 0.25) is 0 Å². The predicted octanol–water partition coefficient (Wildman–Crippen LogP) is 3.71.